The fraction of sp³-hybridized carbons (Fsp3) is 0.222. The van der Waals surface area contributed by atoms with E-state index >= 15 is 0 Å². The van der Waals surface area contributed by atoms with Crippen LogP contribution in [0.4, 0.5) is 0 Å². The average molecular weight is 394 g/mol. The van der Waals surface area contributed by atoms with E-state index in [1.807, 2.05) is 47.0 Å². The summed E-state index contributed by atoms with van der Waals surface area (Å²) in [4.78, 5) is 4.07. The standard InChI is InChI=1S/C18H18N8OS/c1-27-12-11-25-17(14-7-9-19-10-8-14)21-22-18(25)28-13-16-20-23-24-26(16)15-5-3-2-4-6-15/h2-10H,11-13H2,1H3. The summed E-state index contributed by atoms with van der Waals surface area (Å²) in [5.41, 5.74) is 1.88. The highest BCUT2D eigenvalue weighted by atomic mass is 32.2. The van der Waals surface area contributed by atoms with Crippen LogP contribution in [-0.2, 0) is 17.0 Å². The maximum Gasteiger partial charge on any atom is 0.192 e. The molecular formula is C18H18N8OS. The zero-order valence-electron chi connectivity index (χ0n) is 15.2. The lowest BCUT2D eigenvalue weighted by atomic mass is 10.2. The van der Waals surface area contributed by atoms with Crippen molar-refractivity contribution >= 4 is 11.8 Å². The fourth-order valence-corrected chi connectivity index (χ4v) is 3.56. The number of para-hydroxylation sites is 1. The van der Waals surface area contributed by atoms with E-state index in [9.17, 15) is 0 Å². The third-order valence-corrected chi connectivity index (χ3v) is 5.00. The SMILES string of the molecule is COCCn1c(SCc2nnnn2-c2ccccc2)nnc1-c1ccncc1. The summed E-state index contributed by atoms with van der Waals surface area (Å²) < 4.78 is 9.02. The summed E-state index contributed by atoms with van der Waals surface area (Å²) in [6, 6.07) is 13.6. The number of ether oxygens (including phenoxy) is 1. The summed E-state index contributed by atoms with van der Waals surface area (Å²) in [5.74, 6) is 2.08. The van der Waals surface area contributed by atoms with Gasteiger partial charge in [-0.2, -0.15) is 4.68 Å². The molecule has 0 spiro atoms. The highest BCUT2D eigenvalue weighted by Crippen LogP contribution is 2.26. The van der Waals surface area contributed by atoms with E-state index in [0.717, 1.165) is 28.1 Å². The lowest BCUT2D eigenvalue weighted by Crippen LogP contribution is -2.08. The van der Waals surface area contributed by atoms with Crippen molar-refractivity contribution in [3.8, 4) is 17.1 Å². The van der Waals surface area contributed by atoms with E-state index in [4.69, 9.17) is 4.74 Å². The van der Waals surface area contributed by atoms with Crippen molar-refractivity contribution in [3.05, 3.63) is 60.7 Å². The number of rotatable bonds is 8. The Bertz CT molecular complexity index is 1020. The highest BCUT2D eigenvalue weighted by Gasteiger charge is 2.16. The number of methoxy groups -OCH3 is 1. The first kappa shape index (κ1) is 18.3. The summed E-state index contributed by atoms with van der Waals surface area (Å²) >= 11 is 1.53. The lowest BCUT2D eigenvalue weighted by molar-refractivity contribution is 0.185. The van der Waals surface area contributed by atoms with Crippen LogP contribution >= 0.6 is 11.8 Å². The molecule has 4 aromatic rings. The summed E-state index contributed by atoms with van der Waals surface area (Å²) in [5, 5.41) is 21.6. The zero-order valence-corrected chi connectivity index (χ0v) is 16.0. The Kier molecular flexibility index (Phi) is 5.69. The molecule has 0 radical (unpaired) electrons. The Morgan fingerprint density at radius 3 is 2.61 bits per heavy atom. The Labute approximate surface area is 165 Å². The van der Waals surface area contributed by atoms with Gasteiger partial charge in [-0.3, -0.25) is 9.55 Å². The van der Waals surface area contributed by atoms with Gasteiger partial charge in [-0.25, -0.2) is 0 Å². The van der Waals surface area contributed by atoms with Crippen LogP contribution in [0.15, 0.2) is 60.0 Å². The van der Waals surface area contributed by atoms with Gasteiger partial charge in [-0.15, -0.1) is 15.3 Å². The van der Waals surface area contributed by atoms with Crippen molar-refractivity contribution in [1.82, 2.24) is 40.0 Å². The Hall–Kier alpha value is -3.11. The molecule has 10 heteroatoms. The van der Waals surface area contributed by atoms with Crippen LogP contribution in [0, 0.1) is 0 Å². The monoisotopic (exact) mass is 394 g/mol. The van der Waals surface area contributed by atoms with Crippen molar-refractivity contribution < 1.29 is 4.74 Å². The number of nitrogens with zero attached hydrogens (tertiary/aromatic N) is 8. The van der Waals surface area contributed by atoms with Gasteiger partial charge in [0.25, 0.3) is 0 Å². The first-order valence-electron chi connectivity index (χ1n) is 8.65. The minimum atomic E-state index is 0.559. The van der Waals surface area contributed by atoms with E-state index in [-0.39, 0.29) is 0 Å². The molecule has 0 unspecified atom stereocenters. The Balaban J connectivity index is 1.58. The number of benzene rings is 1. The molecular weight excluding hydrogens is 376 g/mol. The lowest BCUT2D eigenvalue weighted by Gasteiger charge is -2.09. The smallest absolute Gasteiger partial charge is 0.192 e. The van der Waals surface area contributed by atoms with Gasteiger partial charge in [0.05, 0.1) is 24.6 Å². The molecule has 0 aliphatic carbocycles. The number of thioether (sulfide) groups is 1. The minimum Gasteiger partial charge on any atom is -0.383 e. The van der Waals surface area contributed by atoms with Gasteiger partial charge in [-0.05, 0) is 34.7 Å². The molecule has 0 saturated carbocycles. The molecule has 0 aliphatic rings. The van der Waals surface area contributed by atoms with Gasteiger partial charge in [-0.1, -0.05) is 30.0 Å². The summed E-state index contributed by atoms with van der Waals surface area (Å²) in [6.45, 7) is 1.21. The number of aromatic nitrogens is 8. The first-order chi connectivity index (χ1) is 13.9. The number of tetrazole rings is 1. The normalized spacial score (nSPS) is 11.0. The molecule has 1 aromatic carbocycles. The quantitative estimate of drug-likeness (QED) is 0.420. The molecule has 4 rings (SSSR count). The van der Waals surface area contributed by atoms with Crippen molar-refractivity contribution in [2.24, 2.45) is 0 Å². The molecule has 9 nitrogen and oxygen atoms in total. The second kappa shape index (κ2) is 8.72. The molecule has 3 heterocycles. The predicted octanol–water partition coefficient (Wildman–Crippen LogP) is 2.25. The third kappa shape index (κ3) is 3.92. The van der Waals surface area contributed by atoms with E-state index in [0.29, 0.717) is 18.9 Å². The second-order valence-electron chi connectivity index (χ2n) is 5.82. The van der Waals surface area contributed by atoms with E-state index in [2.05, 4.69) is 30.7 Å². The molecule has 28 heavy (non-hydrogen) atoms. The van der Waals surface area contributed by atoms with Gasteiger partial charge < -0.3 is 4.74 Å². The summed E-state index contributed by atoms with van der Waals surface area (Å²) in [6.07, 6.45) is 3.48. The van der Waals surface area contributed by atoms with Crippen molar-refractivity contribution in [3.63, 3.8) is 0 Å². The molecule has 0 atom stereocenters. The van der Waals surface area contributed by atoms with Crippen molar-refractivity contribution in [2.45, 2.75) is 17.5 Å². The second-order valence-corrected chi connectivity index (χ2v) is 6.76. The van der Waals surface area contributed by atoms with Crippen LogP contribution in [0.1, 0.15) is 5.82 Å². The molecule has 0 N–H and O–H groups in total. The van der Waals surface area contributed by atoms with E-state index in [1.54, 1.807) is 24.2 Å². The molecule has 142 valence electrons. The fourth-order valence-electron chi connectivity index (χ4n) is 2.69. The van der Waals surface area contributed by atoms with E-state index in [1.165, 1.54) is 11.8 Å². The summed E-state index contributed by atoms with van der Waals surface area (Å²) in [7, 11) is 1.68. The molecule has 0 bridgehead atoms. The Morgan fingerprint density at radius 2 is 1.82 bits per heavy atom. The van der Waals surface area contributed by atoms with Gasteiger partial charge in [0.15, 0.2) is 16.8 Å². The largest absolute Gasteiger partial charge is 0.383 e. The van der Waals surface area contributed by atoms with Gasteiger partial charge in [0, 0.05) is 25.1 Å². The van der Waals surface area contributed by atoms with Crippen LogP contribution in [0.25, 0.3) is 17.1 Å². The van der Waals surface area contributed by atoms with E-state index < -0.39 is 0 Å². The Morgan fingerprint density at radius 1 is 1.00 bits per heavy atom. The van der Waals surface area contributed by atoms with Gasteiger partial charge in [0.2, 0.25) is 0 Å². The number of pyridine rings is 1. The molecule has 0 aliphatic heterocycles. The molecule has 0 saturated heterocycles. The van der Waals surface area contributed by atoms with Crippen LogP contribution in [-0.4, -0.2) is 53.7 Å². The minimum absolute atomic E-state index is 0.559. The molecule has 3 aromatic heterocycles. The number of hydrogen-bond donors (Lipinski definition) is 0. The topological polar surface area (TPSA) is 96.4 Å². The maximum absolute atomic E-state index is 5.25. The molecule has 0 amide bonds. The average Bonchev–Trinajstić information content (AvgIpc) is 3.38. The van der Waals surface area contributed by atoms with Crippen LogP contribution in [0.2, 0.25) is 0 Å². The van der Waals surface area contributed by atoms with Crippen LogP contribution < -0.4 is 0 Å². The van der Waals surface area contributed by atoms with Crippen molar-refractivity contribution in [2.75, 3.05) is 13.7 Å². The van der Waals surface area contributed by atoms with Crippen LogP contribution in [0.3, 0.4) is 0 Å². The zero-order chi connectivity index (χ0) is 19.2. The maximum atomic E-state index is 5.25. The molecule has 0 fully saturated rings. The highest BCUT2D eigenvalue weighted by molar-refractivity contribution is 7.98. The van der Waals surface area contributed by atoms with Crippen LogP contribution in [0.5, 0.6) is 0 Å². The number of hydrogen-bond acceptors (Lipinski definition) is 8. The van der Waals surface area contributed by atoms with Gasteiger partial charge in [0.1, 0.15) is 0 Å². The van der Waals surface area contributed by atoms with Gasteiger partial charge >= 0.3 is 0 Å². The third-order valence-electron chi connectivity index (χ3n) is 4.04. The van der Waals surface area contributed by atoms with Crippen molar-refractivity contribution in [1.29, 1.82) is 0 Å². The predicted molar refractivity (Wildman–Crippen MR) is 104 cm³/mol. The first-order valence-corrected chi connectivity index (χ1v) is 9.63.